The number of hydrogen-bond acceptors (Lipinski definition) is 2. The Balaban J connectivity index is 0.00000116. The second-order valence-corrected chi connectivity index (χ2v) is 8.82. The molecule has 0 amide bonds. The van der Waals surface area contributed by atoms with Crippen LogP contribution in [-0.4, -0.2) is 50.1 Å². The molecular weight excluding hydrogens is 268 g/mol. The van der Waals surface area contributed by atoms with Crippen molar-refractivity contribution in [3.8, 4) is 0 Å². The molecule has 1 saturated heterocycles. The van der Waals surface area contributed by atoms with E-state index in [9.17, 15) is 0 Å². The van der Waals surface area contributed by atoms with Gasteiger partial charge in [0.2, 0.25) is 0 Å². The molecule has 0 atom stereocenters. The second-order valence-electron chi connectivity index (χ2n) is 8.82. The Labute approximate surface area is 140 Å². The van der Waals surface area contributed by atoms with Crippen LogP contribution in [0.4, 0.5) is 0 Å². The minimum absolute atomic E-state index is 0.519. The molecule has 0 aromatic rings. The van der Waals surface area contributed by atoms with Crippen molar-refractivity contribution in [2.24, 2.45) is 16.7 Å². The Hall–Kier alpha value is -0.0800. The van der Waals surface area contributed by atoms with Gasteiger partial charge in [-0.1, -0.05) is 34.6 Å². The summed E-state index contributed by atoms with van der Waals surface area (Å²) in [7, 11) is 4.36. The molecule has 1 spiro atoms. The molecule has 1 heterocycles. The van der Waals surface area contributed by atoms with E-state index < -0.39 is 0 Å². The summed E-state index contributed by atoms with van der Waals surface area (Å²) in [5.41, 5.74) is 1.21. The summed E-state index contributed by atoms with van der Waals surface area (Å²) in [5, 5.41) is 0. The van der Waals surface area contributed by atoms with Crippen LogP contribution in [0.2, 0.25) is 0 Å². The van der Waals surface area contributed by atoms with Crippen LogP contribution < -0.4 is 0 Å². The first kappa shape index (κ1) is 20.0. The fourth-order valence-corrected chi connectivity index (χ4v) is 4.33. The zero-order valence-corrected chi connectivity index (χ0v) is 16.5. The molecule has 0 N–H and O–H groups in total. The minimum atomic E-state index is 0.519. The van der Waals surface area contributed by atoms with Crippen LogP contribution in [0, 0.1) is 16.7 Å². The van der Waals surface area contributed by atoms with E-state index in [1.165, 1.54) is 64.7 Å². The van der Waals surface area contributed by atoms with Crippen LogP contribution in [-0.2, 0) is 0 Å². The molecule has 2 rings (SSSR count). The van der Waals surface area contributed by atoms with Gasteiger partial charge in [-0.25, -0.2) is 0 Å². The van der Waals surface area contributed by atoms with Crippen LogP contribution in [0.25, 0.3) is 0 Å². The van der Waals surface area contributed by atoms with Gasteiger partial charge in [0.1, 0.15) is 0 Å². The lowest BCUT2D eigenvalue weighted by molar-refractivity contribution is 0.0912. The van der Waals surface area contributed by atoms with E-state index in [0.717, 1.165) is 5.92 Å². The van der Waals surface area contributed by atoms with Crippen molar-refractivity contribution in [2.45, 2.75) is 73.1 Å². The van der Waals surface area contributed by atoms with E-state index in [1.54, 1.807) is 0 Å². The molecule has 1 aliphatic heterocycles. The molecule has 0 aromatic heterocycles. The lowest BCUT2D eigenvalue weighted by Gasteiger charge is -2.42. The van der Waals surface area contributed by atoms with Gasteiger partial charge in [-0.15, -0.1) is 0 Å². The highest BCUT2D eigenvalue weighted by Gasteiger charge is 2.42. The van der Waals surface area contributed by atoms with Gasteiger partial charge in [0.25, 0.3) is 0 Å². The third kappa shape index (κ3) is 5.85. The summed E-state index contributed by atoms with van der Waals surface area (Å²) in [4.78, 5) is 5.04. The molecule has 1 aliphatic carbocycles. The maximum atomic E-state index is 2.74. The highest BCUT2D eigenvalue weighted by molar-refractivity contribution is 4.95. The molecule has 0 bridgehead atoms. The third-order valence-corrected chi connectivity index (χ3v) is 5.87. The van der Waals surface area contributed by atoms with Crippen molar-refractivity contribution in [3.63, 3.8) is 0 Å². The summed E-state index contributed by atoms with van der Waals surface area (Å²) in [6, 6.07) is 0. The Bertz CT molecular complexity index is 295. The molecule has 0 aromatic carbocycles. The fourth-order valence-electron chi connectivity index (χ4n) is 4.33. The average Bonchev–Trinajstić information content (AvgIpc) is 2.83. The van der Waals surface area contributed by atoms with Crippen LogP contribution >= 0.6 is 0 Å². The average molecular weight is 311 g/mol. The van der Waals surface area contributed by atoms with Gasteiger partial charge in [-0.2, -0.15) is 0 Å². The Morgan fingerprint density at radius 2 is 1.64 bits per heavy atom. The van der Waals surface area contributed by atoms with Gasteiger partial charge >= 0.3 is 0 Å². The molecule has 0 unspecified atom stereocenters. The van der Waals surface area contributed by atoms with Crippen molar-refractivity contribution < 1.29 is 0 Å². The number of nitrogens with zero attached hydrogens (tertiary/aromatic N) is 2. The second kappa shape index (κ2) is 8.68. The van der Waals surface area contributed by atoms with E-state index in [2.05, 4.69) is 44.7 Å². The smallest absolute Gasteiger partial charge is 0.00385 e. The standard InChI is InChI=1S/C18H36N2.C2H6/c1-17(2,3)16-7-9-18(10-8-16)11-14-20(15-18)13-6-12-19(4)5;1-2/h16H,6-15H2,1-5H3;1-2H3. The van der Waals surface area contributed by atoms with Crippen LogP contribution in [0.3, 0.4) is 0 Å². The number of likely N-dealkylation sites (tertiary alicyclic amines) is 1. The molecule has 1 saturated carbocycles. The molecule has 2 fully saturated rings. The predicted molar refractivity (Wildman–Crippen MR) is 99.4 cm³/mol. The summed E-state index contributed by atoms with van der Waals surface area (Å²) in [6.07, 6.45) is 8.70. The summed E-state index contributed by atoms with van der Waals surface area (Å²) in [6.45, 7) is 16.6. The molecule has 0 radical (unpaired) electrons. The SMILES string of the molecule is CC.CN(C)CCCN1CCC2(CCC(C(C)(C)C)CC2)C1. The highest BCUT2D eigenvalue weighted by Crippen LogP contribution is 2.49. The Morgan fingerprint density at radius 1 is 1.05 bits per heavy atom. The van der Waals surface area contributed by atoms with E-state index in [1.807, 2.05) is 13.8 Å². The summed E-state index contributed by atoms with van der Waals surface area (Å²) in [5.74, 6) is 0.955. The molecule has 2 aliphatic rings. The quantitative estimate of drug-likeness (QED) is 0.729. The molecule has 22 heavy (non-hydrogen) atoms. The van der Waals surface area contributed by atoms with Crippen LogP contribution in [0.5, 0.6) is 0 Å². The van der Waals surface area contributed by atoms with Gasteiger partial charge in [-0.3, -0.25) is 0 Å². The largest absolute Gasteiger partial charge is 0.309 e. The first-order valence-corrected chi connectivity index (χ1v) is 9.68. The molecule has 2 heteroatoms. The highest BCUT2D eigenvalue weighted by atomic mass is 15.2. The molecule has 2 nitrogen and oxygen atoms in total. The van der Waals surface area contributed by atoms with Crippen molar-refractivity contribution >= 4 is 0 Å². The monoisotopic (exact) mass is 310 g/mol. The maximum Gasteiger partial charge on any atom is 0.00385 e. The van der Waals surface area contributed by atoms with Gasteiger partial charge in [0.15, 0.2) is 0 Å². The minimum Gasteiger partial charge on any atom is -0.309 e. The summed E-state index contributed by atoms with van der Waals surface area (Å²) >= 11 is 0. The topological polar surface area (TPSA) is 6.48 Å². The van der Waals surface area contributed by atoms with E-state index >= 15 is 0 Å². The zero-order chi connectivity index (χ0) is 16.8. The normalized spacial score (nSPS) is 29.7. The first-order chi connectivity index (χ1) is 10.3. The molecular formula is C20H42N2. The van der Waals surface area contributed by atoms with Crippen molar-refractivity contribution in [1.29, 1.82) is 0 Å². The van der Waals surface area contributed by atoms with E-state index in [4.69, 9.17) is 0 Å². The van der Waals surface area contributed by atoms with Crippen LogP contribution in [0.1, 0.15) is 73.1 Å². The lowest BCUT2D eigenvalue weighted by Crippen LogP contribution is -2.35. The van der Waals surface area contributed by atoms with Crippen molar-refractivity contribution in [3.05, 3.63) is 0 Å². The van der Waals surface area contributed by atoms with Crippen molar-refractivity contribution in [2.75, 3.05) is 40.3 Å². The van der Waals surface area contributed by atoms with Crippen molar-refractivity contribution in [1.82, 2.24) is 9.80 Å². The fraction of sp³-hybridized carbons (Fsp3) is 1.00. The lowest BCUT2D eigenvalue weighted by atomic mass is 9.64. The van der Waals surface area contributed by atoms with Gasteiger partial charge in [0, 0.05) is 6.54 Å². The molecule has 132 valence electrons. The van der Waals surface area contributed by atoms with E-state index in [0.29, 0.717) is 10.8 Å². The number of rotatable bonds is 4. The van der Waals surface area contributed by atoms with Crippen LogP contribution in [0.15, 0.2) is 0 Å². The Kier molecular flexibility index (Phi) is 7.88. The Morgan fingerprint density at radius 3 is 2.14 bits per heavy atom. The maximum absolute atomic E-state index is 2.74. The van der Waals surface area contributed by atoms with E-state index in [-0.39, 0.29) is 0 Å². The first-order valence-electron chi connectivity index (χ1n) is 9.68. The predicted octanol–water partition coefficient (Wildman–Crippen LogP) is 4.89. The van der Waals surface area contributed by atoms with Gasteiger partial charge in [-0.05, 0) is 89.0 Å². The summed E-state index contributed by atoms with van der Waals surface area (Å²) < 4.78 is 0. The third-order valence-electron chi connectivity index (χ3n) is 5.87. The zero-order valence-electron chi connectivity index (χ0n) is 16.5. The van der Waals surface area contributed by atoms with Gasteiger partial charge < -0.3 is 9.80 Å². The van der Waals surface area contributed by atoms with Gasteiger partial charge in [0.05, 0.1) is 0 Å². The number of hydrogen-bond donors (Lipinski definition) is 0.